The van der Waals surface area contributed by atoms with Crippen LogP contribution in [0.4, 0.5) is 5.69 Å². The molecule has 0 aliphatic heterocycles. The van der Waals surface area contributed by atoms with E-state index in [4.69, 9.17) is 5.73 Å². The number of hydrogen-bond donors (Lipinski definition) is 2. The van der Waals surface area contributed by atoms with Crippen molar-refractivity contribution in [2.45, 2.75) is 12.5 Å². The Morgan fingerprint density at radius 3 is 2.88 bits per heavy atom. The number of carbonyl (C=O) groups excluding carboxylic acids is 1. The fourth-order valence-corrected chi connectivity index (χ4v) is 1.26. The maximum absolute atomic E-state index is 11.1. The number of H-pyrrole nitrogens is 1. The van der Waals surface area contributed by atoms with Crippen molar-refractivity contribution in [2.24, 2.45) is 5.73 Å². The normalized spacial score (nSPS) is 11.9. The number of aromatic amines is 1. The van der Waals surface area contributed by atoms with E-state index in [0.29, 0.717) is 5.56 Å². The molecule has 1 aromatic rings. The molecule has 1 rings (SSSR count). The number of nitrogens with zero attached hydrogens (tertiary/aromatic N) is 1. The SMILES string of the molecule is COC(=O)[C@@H](N)Cc1c[nH]c(=O)c([N+](=O)[O-])c1. The summed E-state index contributed by atoms with van der Waals surface area (Å²) in [7, 11) is 1.19. The Labute approximate surface area is 95.5 Å². The van der Waals surface area contributed by atoms with E-state index in [0.717, 1.165) is 6.07 Å². The highest BCUT2D eigenvalue weighted by molar-refractivity contribution is 5.75. The summed E-state index contributed by atoms with van der Waals surface area (Å²) in [5.41, 5.74) is 4.49. The molecule has 0 fully saturated rings. The first-order chi connectivity index (χ1) is 7.95. The van der Waals surface area contributed by atoms with E-state index in [2.05, 4.69) is 9.72 Å². The van der Waals surface area contributed by atoms with Gasteiger partial charge in [0.15, 0.2) is 0 Å². The molecule has 0 amide bonds. The van der Waals surface area contributed by atoms with Crippen LogP contribution in [0.2, 0.25) is 0 Å². The number of methoxy groups -OCH3 is 1. The van der Waals surface area contributed by atoms with Gasteiger partial charge in [-0.2, -0.15) is 0 Å². The molecule has 3 N–H and O–H groups in total. The quantitative estimate of drug-likeness (QED) is 0.408. The van der Waals surface area contributed by atoms with Gasteiger partial charge in [0.05, 0.1) is 12.0 Å². The second-order valence-electron chi connectivity index (χ2n) is 3.31. The molecule has 92 valence electrons. The van der Waals surface area contributed by atoms with E-state index in [1.807, 2.05) is 0 Å². The van der Waals surface area contributed by atoms with Crippen molar-refractivity contribution < 1.29 is 14.5 Å². The van der Waals surface area contributed by atoms with Crippen LogP contribution in [0.1, 0.15) is 5.56 Å². The molecule has 1 aromatic heterocycles. The summed E-state index contributed by atoms with van der Waals surface area (Å²) in [5, 5.41) is 10.5. The van der Waals surface area contributed by atoms with Gasteiger partial charge < -0.3 is 15.5 Å². The number of nitrogens with two attached hydrogens (primary N) is 1. The molecule has 8 nitrogen and oxygen atoms in total. The predicted molar refractivity (Wildman–Crippen MR) is 57.4 cm³/mol. The monoisotopic (exact) mass is 241 g/mol. The molecule has 8 heteroatoms. The van der Waals surface area contributed by atoms with Crippen molar-refractivity contribution in [3.8, 4) is 0 Å². The smallest absolute Gasteiger partial charge is 0.334 e. The third-order valence-electron chi connectivity index (χ3n) is 2.10. The minimum atomic E-state index is -0.925. The standard InChI is InChI=1S/C9H11N3O5/c1-17-9(14)6(10)2-5-3-7(12(15)16)8(13)11-4-5/h3-4,6H,2,10H2,1H3,(H,11,13)/t6-/m0/s1. The number of nitro groups is 1. The summed E-state index contributed by atoms with van der Waals surface area (Å²) in [6.45, 7) is 0. The zero-order chi connectivity index (χ0) is 13.0. The lowest BCUT2D eigenvalue weighted by molar-refractivity contribution is -0.386. The highest BCUT2D eigenvalue weighted by Crippen LogP contribution is 2.08. The van der Waals surface area contributed by atoms with Crippen LogP contribution in [-0.4, -0.2) is 29.0 Å². The maximum atomic E-state index is 11.1. The van der Waals surface area contributed by atoms with Gasteiger partial charge in [0, 0.05) is 12.3 Å². The number of pyridine rings is 1. The highest BCUT2D eigenvalue weighted by atomic mass is 16.6. The number of ether oxygens (including phenoxy) is 1. The Hall–Kier alpha value is -2.22. The Morgan fingerprint density at radius 1 is 1.71 bits per heavy atom. The predicted octanol–water partition coefficient (Wildman–Crippen LogP) is -0.674. The van der Waals surface area contributed by atoms with Crippen molar-refractivity contribution in [3.05, 3.63) is 38.3 Å². The molecular formula is C9H11N3O5. The summed E-state index contributed by atoms with van der Waals surface area (Å²) in [4.78, 5) is 34.0. The lowest BCUT2D eigenvalue weighted by Crippen LogP contribution is -2.33. The van der Waals surface area contributed by atoms with Gasteiger partial charge in [-0.1, -0.05) is 0 Å². The molecule has 0 radical (unpaired) electrons. The number of rotatable bonds is 4. The van der Waals surface area contributed by atoms with Gasteiger partial charge in [-0.15, -0.1) is 0 Å². The lowest BCUT2D eigenvalue weighted by atomic mass is 10.1. The fourth-order valence-electron chi connectivity index (χ4n) is 1.26. The minimum Gasteiger partial charge on any atom is -0.468 e. The molecule has 0 bridgehead atoms. The van der Waals surface area contributed by atoms with Crippen LogP contribution < -0.4 is 11.3 Å². The van der Waals surface area contributed by atoms with Crippen LogP contribution in [0.25, 0.3) is 0 Å². The first-order valence-electron chi connectivity index (χ1n) is 4.65. The van der Waals surface area contributed by atoms with Crippen LogP contribution in [0.15, 0.2) is 17.1 Å². The van der Waals surface area contributed by atoms with Gasteiger partial charge in [-0.05, 0) is 12.0 Å². The molecule has 17 heavy (non-hydrogen) atoms. The summed E-state index contributed by atoms with van der Waals surface area (Å²) < 4.78 is 4.42. The van der Waals surface area contributed by atoms with Gasteiger partial charge >= 0.3 is 17.2 Å². The van der Waals surface area contributed by atoms with E-state index >= 15 is 0 Å². The van der Waals surface area contributed by atoms with Crippen LogP contribution in [-0.2, 0) is 16.0 Å². The second kappa shape index (κ2) is 5.21. The fraction of sp³-hybridized carbons (Fsp3) is 0.333. The van der Waals surface area contributed by atoms with Crippen molar-refractivity contribution in [1.82, 2.24) is 4.98 Å². The molecule has 0 saturated carbocycles. The van der Waals surface area contributed by atoms with Gasteiger partial charge in [0.25, 0.3) is 0 Å². The van der Waals surface area contributed by atoms with Gasteiger partial charge in [0.1, 0.15) is 6.04 Å². The number of carbonyl (C=O) groups is 1. The van der Waals surface area contributed by atoms with Crippen molar-refractivity contribution in [2.75, 3.05) is 7.11 Å². The van der Waals surface area contributed by atoms with E-state index in [-0.39, 0.29) is 6.42 Å². The summed E-state index contributed by atoms with van der Waals surface area (Å²) in [5.74, 6) is -0.626. The van der Waals surface area contributed by atoms with Gasteiger partial charge in [-0.25, -0.2) is 0 Å². The molecule has 0 aliphatic rings. The van der Waals surface area contributed by atoms with Crippen LogP contribution >= 0.6 is 0 Å². The van der Waals surface area contributed by atoms with E-state index in [9.17, 15) is 19.7 Å². The van der Waals surface area contributed by atoms with Crippen molar-refractivity contribution in [3.63, 3.8) is 0 Å². The van der Waals surface area contributed by atoms with E-state index in [1.54, 1.807) is 0 Å². The zero-order valence-electron chi connectivity index (χ0n) is 9.00. The first kappa shape index (κ1) is 12.8. The average Bonchev–Trinajstić information content (AvgIpc) is 2.30. The summed E-state index contributed by atoms with van der Waals surface area (Å²) >= 11 is 0. The average molecular weight is 241 g/mol. The number of hydrogen-bond acceptors (Lipinski definition) is 6. The Bertz CT molecular complexity index is 496. The molecule has 0 spiro atoms. The number of nitrogens with one attached hydrogen (secondary N) is 1. The number of esters is 1. The van der Waals surface area contributed by atoms with Crippen molar-refractivity contribution in [1.29, 1.82) is 0 Å². The Balaban J connectivity index is 2.94. The topological polar surface area (TPSA) is 128 Å². The van der Waals surface area contributed by atoms with Crippen LogP contribution in [0, 0.1) is 10.1 Å². The molecule has 0 unspecified atom stereocenters. The lowest BCUT2D eigenvalue weighted by Gasteiger charge is -2.08. The molecule has 0 saturated heterocycles. The molecule has 0 aromatic carbocycles. The van der Waals surface area contributed by atoms with E-state index < -0.39 is 28.2 Å². The van der Waals surface area contributed by atoms with Crippen LogP contribution in [0.3, 0.4) is 0 Å². The molecule has 1 atom stereocenters. The summed E-state index contributed by atoms with van der Waals surface area (Å²) in [6.07, 6.45) is 1.32. The van der Waals surface area contributed by atoms with Crippen LogP contribution in [0.5, 0.6) is 0 Å². The molecule has 0 aliphatic carbocycles. The zero-order valence-corrected chi connectivity index (χ0v) is 9.00. The van der Waals surface area contributed by atoms with E-state index in [1.165, 1.54) is 13.3 Å². The van der Waals surface area contributed by atoms with Gasteiger partial charge in [0.2, 0.25) is 0 Å². The Kier molecular flexibility index (Phi) is 3.94. The number of aromatic nitrogens is 1. The summed E-state index contributed by atoms with van der Waals surface area (Å²) in [6, 6.07) is 0.159. The molecule has 1 heterocycles. The Morgan fingerprint density at radius 2 is 2.35 bits per heavy atom. The molecular weight excluding hydrogens is 230 g/mol. The highest BCUT2D eigenvalue weighted by Gasteiger charge is 2.18. The van der Waals surface area contributed by atoms with Gasteiger partial charge in [-0.3, -0.25) is 19.7 Å². The third kappa shape index (κ3) is 3.11. The minimum absolute atomic E-state index is 0.0459. The first-order valence-corrected chi connectivity index (χ1v) is 4.65. The third-order valence-corrected chi connectivity index (χ3v) is 2.10. The van der Waals surface area contributed by atoms with Crippen molar-refractivity contribution >= 4 is 11.7 Å². The maximum Gasteiger partial charge on any atom is 0.334 e. The second-order valence-corrected chi connectivity index (χ2v) is 3.31. The largest absolute Gasteiger partial charge is 0.468 e.